The normalized spacial score (nSPS) is 11.7. The highest BCUT2D eigenvalue weighted by atomic mass is 19.3. The van der Waals surface area contributed by atoms with E-state index in [9.17, 15) is 14.0 Å². The maximum Gasteiger partial charge on any atom is 0.387 e. The van der Waals surface area contributed by atoms with Crippen LogP contribution in [0, 0.1) is 11.3 Å². The number of nitrogens with two attached hydrogens (primary N) is 1. The van der Waals surface area contributed by atoms with Crippen LogP contribution in [0.5, 0.6) is 5.75 Å². The summed E-state index contributed by atoms with van der Waals surface area (Å²) in [6.07, 6.45) is 3.03. The Hall–Kier alpha value is -2.94. The Morgan fingerprint density at radius 3 is 2.62 bits per heavy atom. The summed E-state index contributed by atoms with van der Waals surface area (Å²) in [6, 6.07) is 11.3. The van der Waals surface area contributed by atoms with Crippen molar-refractivity contribution in [2.75, 3.05) is 0 Å². The summed E-state index contributed by atoms with van der Waals surface area (Å²) in [5, 5.41) is 9.28. The molecule has 0 radical (unpaired) electrons. The summed E-state index contributed by atoms with van der Waals surface area (Å²) < 4.78 is 29.3. The molecule has 0 aliphatic carbocycles. The van der Waals surface area contributed by atoms with E-state index < -0.39 is 6.61 Å². The quantitative estimate of drug-likeness (QED) is 0.877. The molecule has 0 aliphatic heterocycles. The van der Waals surface area contributed by atoms with Crippen LogP contribution < -0.4 is 10.5 Å². The van der Waals surface area contributed by atoms with Crippen LogP contribution in [0.1, 0.15) is 11.1 Å². The number of hydrogen-bond donors (Lipinski definition) is 1. The summed E-state index contributed by atoms with van der Waals surface area (Å²) in [5.74, 6) is -0.0818. The minimum Gasteiger partial charge on any atom is -0.434 e. The lowest BCUT2D eigenvalue weighted by atomic mass is 10.0. The SMILES string of the molecule is N#C/C(=C(/N)c1ccccc1OC(F)F)c1cccnc1. The number of ether oxygens (including phenoxy) is 1. The summed E-state index contributed by atoms with van der Waals surface area (Å²) in [4.78, 5) is 3.91. The predicted molar refractivity (Wildman–Crippen MR) is 73.9 cm³/mol. The van der Waals surface area contributed by atoms with E-state index in [1.165, 1.54) is 18.3 Å². The minimum atomic E-state index is -2.97. The maximum absolute atomic E-state index is 12.4. The largest absolute Gasteiger partial charge is 0.434 e. The molecule has 21 heavy (non-hydrogen) atoms. The molecule has 0 saturated heterocycles. The van der Waals surface area contributed by atoms with Gasteiger partial charge in [0, 0.05) is 23.5 Å². The van der Waals surface area contributed by atoms with E-state index in [-0.39, 0.29) is 22.6 Å². The Kier molecular flexibility index (Phi) is 4.46. The first-order valence-corrected chi connectivity index (χ1v) is 5.98. The van der Waals surface area contributed by atoms with Gasteiger partial charge in [-0.05, 0) is 18.2 Å². The number of rotatable bonds is 4. The van der Waals surface area contributed by atoms with Crippen LogP contribution in [0.15, 0.2) is 48.8 Å². The third kappa shape index (κ3) is 3.34. The summed E-state index contributed by atoms with van der Waals surface area (Å²) in [7, 11) is 0. The average Bonchev–Trinajstić information content (AvgIpc) is 2.49. The minimum absolute atomic E-state index is 0.0572. The number of alkyl halides is 2. The highest BCUT2D eigenvalue weighted by molar-refractivity contribution is 5.96. The zero-order chi connectivity index (χ0) is 15.2. The molecule has 0 unspecified atom stereocenters. The molecule has 0 aliphatic rings. The monoisotopic (exact) mass is 287 g/mol. The number of para-hydroxylation sites is 1. The third-order valence-corrected chi connectivity index (χ3v) is 2.72. The number of pyridine rings is 1. The van der Waals surface area contributed by atoms with Crippen LogP contribution in [0.4, 0.5) is 8.78 Å². The Labute approximate surface area is 120 Å². The van der Waals surface area contributed by atoms with Crippen molar-refractivity contribution in [3.05, 3.63) is 59.9 Å². The van der Waals surface area contributed by atoms with Crippen LogP contribution in [-0.4, -0.2) is 11.6 Å². The van der Waals surface area contributed by atoms with E-state index in [4.69, 9.17) is 5.73 Å². The topological polar surface area (TPSA) is 71.9 Å². The smallest absolute Gasteiger partial charge is 0.387 e. The van der Waals surface area contributed by atoms with Gasteiger partial charge in [0.25, 0.3) is 0 Å². The van der Waals surface area contributed by atoms with Gasteiger partial charge in [-0.2, -0.15) is 14.0 Å². The standard InChI is InChI=1S/C15H11F2N3O/c16-15(17)21-13-6-2-1-5-11(13)14(19)12(8-18)10-4-3-7-20-9-10/h1-7,9,15H,19H2/b14-12-. The zero-order valence-corrected chi connectivity index (χ0v) is 10.8. The molecule has 1 aromatic carbocycles. The molecule has 2 rings (SSSR count). The molecule has 106 valence electrons. The molecule has 2 N–H and O–H groups in total. The number of aromatic nitrogens is 1. The highest BCUT2D eigenvalue weighted by Crippen LogP contribution is 2.29. The zero-order valence-electron chi connectivity index (χ0n) is 10.8. The predicted octanol–water partition coefficient (Wildman–Crippen LogP) is 3.03. The van der Waals surface area contributed by atoms with Gasteiger partial charge in [-0.3, -0.25) is 4.98 Å². The Morgan fingerprint density at radius 2 is 2.00 bits per heavy atom. The molecule has 0 fully saturated rings. The molecule has 0 bridgehead atoms. The van der Waals surface area contributed by atoms with Crippen molar-refractivity contribution < 1.29 is 13.5 Å². The molecule has 0 spiro atoms. The summed E-state index contributed by atoms with van der Waals surface area (Å²) in [5.41, 5.74) is 6.91. The van der Waals surface area contributed by atoms with Crippen LogP contribution in [-0.2, 0) is 0 Å². The maximum atomic E-state index is 12.4. The first-order chi connectivity index (χ1) is 10.1. The molecule has 1 heterocycles. The average molecular weight is 287 g/mol. The lowest BCUT2D eigenvalue weighted by Crippen LogP contribution is -2.07. The van der Waals surface area contributed by atoms with Gasteiger partial charge in [-0.25, -0.2) is 0 Å². The molecular weight excluding hydrogens is 276 g/mol. The van der Waals surface area contributed by atoms with E-state index in [1.54, 1.807) is 30.5 Å². The van der Waals surface area contributed by atoms with Crippen molar-refractivity contribution in [1.82, 2.24) is 4.98 Å². The Balaban J connectivity index is 2.54. The Morgan fingerprint density at radius 1 is 1.24 bits per heavy atom. The second kappa shape index (κ2) is 6.48. The van der Waals surface area contributed by atoms with Gasteiger partial charge in [0.1, 0.15) is 11.8 Å². The summed E-state index contributed by atoms with van der Waals surface area (Å²) in [6.45, 7) is -2.97. The van der Waals surface area contributed by atoms with Crippen molar-refractivity contribution in [1.29, 1.82) is 5.26 Å². The fourth-order valence-corrected chi connectivity index (χ4v) is 1.81. The fourth-order valence-electron chi connectivity index (χ4n) is 1.81. The molecule has 0 amide bonds. The molecule has 2 aromatic rings. The number of nitriles is 1. The Bertz CT molecular complexity index is 694. The van der Waals surface area contributed by atoms with E-state index >= 15 is 0 Å². The van der Waals surface area contributed by atoms with Crippen molar-refractivity contribution in [2.45, 2.75) is 6.61 Å². The lowest BCUT2D eigenvalue weighted by Gasteiger charge is -2.12. The first-order valence-electron chi connectivity index (χ1n) is 5.98. The van der Waals surface area contributed by atoms with Gasteiger partial charge in [0.15, 0.2) is 0 Å². The fraction of sp³-hybridized carbons (Fsp3) is 0.0667. The van der Waals surface area contributed by atoms with Crippen LogP contribution in [0.2, 0.25) is 0 Å². The van der Waals surface area contributed by atoms with E-state index in [0.29, 0.717) is 5.56 Å². The number of allylic oxidation sites excluding steroid dienone is 1. The second-order valence-corrected chi connectivity index (χ2v) is 4.02. The summed E-state index contributed by atoms with van der Waals surface area (Å²) >= 11 is 0. The van der Waals surface area contributed by atoms with E-state index in [2.05, 4.69) is 9.72 Å². The molecule has 4 nitrogen and oxygen atoms in total. The van der Waals surface area contributed by atoms with Gasteiger partial charge in [-0.15, -0.1) is 0 Å². The van der Waals surface area contributed by atoms with E-state index in [0.717, 1.165) is 0 Å². The van der Waals surface area contributed by atoms with Crippen LogP contribution in [0.25, 0.3) is 11.3 Å². The van der Waals surface area contributed by atoms with Crippen LogP contribution in [0.3, 0.4) is 0 Å². The number of nitrogens with zero attached hydrogens (tertiary/aromatic N) is 2. The van der Waals surface area contributed by atoms with Crippen molar-refractivity contribution in [2.24, 2.45) is 5.73 Å². The van der Waals surface area contributed by atoms with Crippen LogP contribution >= 0.6 is 0 Å². The first kappa shape index (κ1) is 14.5. The number of halogens is 2. The molecule has 0 atom stereocenters. The highest BCUT2D eigenvalue weighted by Gasteiger charge is 2.15. The van der Waals surface area contributed by atoms with Gasteiger partial charge < -0.3 is 10.5 Å². The van der Waals surface area contributed by atoms with Crippen molar-refractivity contribution >= 4 is 11.3 Å². The molecular formula is C15H11F2N3O. The number of benzene rings is 1. The van der Waals surface area contributed by atoms with Crippen molar-refractivity contribution in [3.8, 4) is 11.8 Å². The second-order valence-electron chi connectivity index (χ2n) is 4.02. The van der Waals surface area contributed by atoms with Gasteiger partial charge in [-0.1, -0.05) is 18.2 Å². The van der Waals surface area contributed by atoms with Gasteiger partial charge in [0.05, 0.1) is 11.3 Å². The van der Waals surface area contributed by atoms with Gasteiger partial charge in [0.2, 0.25) is 0 Å². The molecule has 0 saturated carbocycles. The lowest BCUT2D eigenvalue weighted by molar-refractivity contribution is -0.0500. The van der Waals surface area contributed by atoms with Gasteiger partial charge >= 0.3 is 6.61 Å². The van der Waals surface area contributed by atoms with Crippen molar-refractivity contribution in [3.63, 3.8) is 0 Å². The third-order valence-electron chi connectivity index (χ3n) is 2.72. The van der Waals surface area contributed by atoms with E-state index in [1.807, 2.05) is 6.07 Å². The molecule has 1 aromatic heterocycles. The molecule has 6 heteroatoms. The number of hydrogen-bond acceptors (Lipinski definition) is 4.